The van der Waals surface area contributed by atoms with Gasteiger partial charge in [-0.05, 0) is 18.2 Å². The fourth-order valence-corrected chi connectivity index (χ4v) is 3.00. The van der Waals surface area contributed by atoms with Crippen molar-refractivity contribution >= 4 is 11.7 Å². The van der Waals surface area contributed by atoms with Crippen LogP contribution in [-0.4, -0.2) is 31.1 Å². The lowest BCUT2D eigenvalue weighted by Crippen LogP contribution is -2.45. The molecule has 2 heterocycles. The fourth-order valence-electron chi connectivity index (χ4n) is 3.00. The number of hydrogen-bond acceptors (Lipinski definition) is 5. The van der Waals surface area contributed by atoms with Crippen LogP contribution in [0.1, 0.15) is 12.0 Å². The van der Waals surface area contributed by atoms with E-state index in [0.717, 1.165) is 0 Å². The van der Waals surface area contributed by atoms with E-state index in [-0.39, 0.29) is 13.3 Å². The molecule has 2 aromatic carbocycles. The third kappa shape index (κ3) is 3.06. The lowest BCUT2D eigenvalue weighted by atomic mass is 9.88. The quantitative estimate of drug-likeness (QED) is 0.796. The van der Waals surface area contributed by atoms with Crippen molar-refractivity contribution in [3.63, 3.8) is 0 Å². The second-order valence-electron chi connectivity index (χ2n) is 6.00. The largest absolute Gasteiger partial charge is 0.493 e. The van der Waals surface area contributed by atoms with Crippen molar-refractivity contribution < 1.29 is 24.1 Å². The molecule has 25 heavy (non-hydrogen) atoms. The van der Waals surface area contributed by atoms with Gasteiger partial charge in [-0.2, -0.15) is 0 Å². The van der Waals surface area contributed by atoms with E-state index >= 15 is 0 Å². The van der Waals surface area contributed by atoms with Crippen molar-refractivity contribution in [2.75, 3.05) is 25.3 Å². The van der Waals surface area contributed by atoms with Crippen LogP contribution in [0.4, 0.5) is 10.5 Å². The molecule has 7 heteroatoms. The highest BCUT2D eigenvalue weighted by Gasteiger charge is 2.35. The summed E-state index contributed by atoms with van der Waals surface area (Å²) in [6.07, 6.45) is 0.411. The Kier molecular flexibility index (Phi) is 3.85. The second-order valence-corrected chi connectivity index (χ2v) is 6.00. The predicted molar refractivity (Wildman–Crippen MR) is 90.0 cm³/mol. The van der Waals surface area contributed by atoms with Crippen molar-refractivity contribution in [2.24, 2.45) is 0 Å². The fraction of sp³-hybridized carbons (Fsp3) is 0.278. The van der Waals surface area contributed by atoms with Crippen LogP contribution in [0.3, 0.4) is 0 Å². The van der Waals surface area contributed by atoms with Gasteiger partial charge in [0, 0.05) is 23.7 Å². The minimum atomic E-state index is -1.15. The molecule has 0 spiro atoms. The number of benzene rings is 2. The molecule has 7 nitrogen and oxygen atoms in total. The highest BCUT2D eigenvalue weighted by Crippen LogP contribution is 2.36. The molecule has 2 aliphatic heterocycles. The number of nitrogens with one attached hydrogen (secondary N) is 2. The van der Waals surface area contributed by atoms with Crippen LogP contribution in [0.2, 0.25) is 0 Å². The van der Waals surface area contributed by atoms with E-state index in [1.165, 1.54) is 0 Å². The number of para-hydroxylation sites is 1. The standard InChI is InChI=1S/C18H18N2O5/c21-17(20-12-5-6-15-16(9-12)25-11-24-15)19-10-18(22)7-8-23-14-4-2-1-3-13(14)18/h1-6,9,22H,7-8,10-11H2,(H2,19,20,21)/t18-/m1/s1. The number of carbonyl (C=O) groups excluding carboxylic acids is 1. The van der Waals surface area contributed by atoms with Crippen LogP contribution in [0.5, 0.6) is 17.2 Å². The van der Waals surface area contributed by atoms with Gasteiger partial charge in [0.25, 0.3) is 0 Å². The monoisotopic (exact) mass is 342 g/mol. The molecule has 0 aliphatic carbocycles. The van der Waals surface area contributed by atoms with E-state index in [1.54, 1.807) is 18.2 Å². The normalized spacial score (nSPS) is 20.4. The zero-order valence-corrected chi connectivity index (χ0v) is 13.5. The smallest absolute Gasteiger partial charge is 0.319 e. The average Bonchev–Trinajstić information content (AvgIpc) is 3.08. The number of urea groups is 1. The maximum atomic E-state index is 12.2. The summed E-state index contributed by atoms with van der Waals surface area (Å²) in [6, 6.07) is 12.1. The Morgan fingerprint density at radius 1 is 1.08 bits per heavy atom. The molecule has 1 atom stereocenters. The first-order chi connectivity index (χ1) is 12.1. The van der Waals surface area contributed by atoms with Gasteiger partial charge in [0.05, 0.1) is 13.2 Å². The van der Waals surface area contributed by atoms with Gasteiger partial charge in [-0.1, -0.05) is 18.2 Å². The van der Waals surface area contributed by atoms with Crippen LogP contribution < -0.4 is 24.8 Å². The van der Waals surface area contributed by atoms with Crippen molar-refractivity contribution in [1.29, 1.82) is 0 Å². The van der Waals surface area contributed by atoms with Gasteiger partial charge < -0.3 is 30.0 Å². The van der Waals surface area contributed by atoms with E-state index in [0.29, 0.717) is 41.5 Å². The minimum Gasteiger partial charge on any atom is -0.493 e. The molecule has 2 aliphatic rings. The average molecular weight is 342 g/mol. The first-order valence-corrected chi connectivity index (χ1v) is 8.03. The predicted octanol–water partition coefficient (Wildman–Crippen LogP) is 2.21. The van der Waals surface area contributed by atoms with Crippen LogP contribution in [0.15, 0.2) is 42.5 Å². The highest BCUT2D eigenvalue weighted by molar-refractivity contribution is 5.89. The summed E-state index contributed by atoms with van der Waals surface area (Å²) in [5.41, 5.74) is 0.117. The van der Waals surface area contributed by atoms with Crippen LogP contribution in [-0.2, 0) is 5.60 Å². The summed E-state index contributed by atoms with van der Waals surface area (Å²) in [6.45, 7) is 0.669. The summed E-state index contributed by atoms with van der Waals surface area (Å²) in [4.78, 5) is 12.2. The van der Waals surface area contributed by atoms with E-state index in [2.05, 4.69) is 10.6 Å². The Morgan fingerprint density at radius 3 is 2.84 bits per heavy atom. The Bertz CT molecular complexity index is 810. The molecule has 2 amide bonds. The maximum absolute atomic E-state index is 12.2. The number of ether oxygens (including phenoxy) is 3. The summed E-state index contributed by atoms with van der Waals surface area (Å²) >= 11 is 0. The minimum absolute atomic E-state index is 0.0871. The molecule has 2 aromatic rings. The third-order valence-electron chi connectivity index (χ3n) is 4.33. The highest BCUT2D eigenvalue weighted by atomic mass is 16.7. The molecule has 3 N–H and O–H groups in total. The van der Waals surface area contributed by atoms with Gasteiger partial charge in [0.2, 0.25) is 6.79 Å². The van der Waals surface area contributed by atoms with Gasteiger partial charge in [-0.25, -0.2) is 4.79 Å². The first kappa shape index (κ1) is 15.6. The van der Waals surface area contributed by atoms with Gasteiger partial charge in [-0.15, -0.1) is 0 Å². The van der Waals surface area contributed by atoms with Crippen molar-refractivity contribution in [2.45, 2.75) is 12.0 Å². The molecular weight excluding hydrogens is 324 g/mol. The van der Waals surface area contributed by atoms with Crippen LogP contribution in [0.25, 0.3) is 0 Å². The summed E-state index contributed by atoms with van der Waals surface area (Å²) in [5, 5.41) is 16.4. The molecule has 0 saturated heterocycles. The molecule has 4 rings (SSSR count). The topological polar surface area (TPSA) is 89.1 Å². The Hall–Kier alpha value is -2.93. The number of anilines is 1. The van der Waals surface area contributed by atoms with E-state index in [1.807, 2.05) is 24.3 Å². The van der Waals surface area contributed by atoms with Crippen molar-refractivity contribution in [3.05, 3.63) is 48.0 Å². The first-order valence-electron chi connectivity index (χ1n) is 8.03. The number of fused-ring (bicyclic) bond motifs is 2. The molecule has 0 saturated carbocycles. The van der Waals surface area contributed by atoms with Gasteiger partial charge in [0.15, 0.2) is 11.5 Å². The lowest BCUT2D eigenvalue weighted by Gasteiger charge is -2.34. The zero-order valence-electron chi connectivity index (χ0n) is 13.5. The molecule has 0 bridgehead atoms. The number of carbonyl (C=O) groups is 1. The zero-order chi connectivity index (χ0) is 17.3. The molecule has 130 valence electrons. The van der Waals surface area contributed by atoms with Crippen LogP contribution >= 0.6 is 0 Å². The molecule has 0 unspecified atom stereocenters. The van der Waals surface area contributed by atoms with Crippen molar-refractivity contribution in [1.82, 2.24) is 5.32 Å². The molecule has 0 aromatic heterocycles. The second kappa shape index (κ2) is 6.18. The van der Waals surface area contributed by atoms with Gasteiger partial charge in [0.1, 0.15) is 11.4 Å². The Morgan fingerprint density at radius 2 is 1.92 bits per heavy atom. The Balaban J connectivity index is 1.41. The number of rotatable bonds is 3. The third-order valence-corrected chi connectivity index (χ3v) is 4.33. The lowest BCUT2D eigenvalue weighted by molar-refractivity contribution is 0.000397. The van der Waals surface area contributed by atoms with Crippen molar-refractivity contribution in [3.8, 4) is 17.2 Å². The summed E-state index contributed by atoms with van der Waals surface area (Å²) < 4.78 is 16.1. The maximum Gasteiger partial charge on any atom is 0.319 e. The Labute approximate surface area is 144 Å². The SMILES string of the molecule is O=C(NC[C@]1(O)CCOc2ccccc21)Nc1ccc2c(c1)OCO2. The summed E-state index contributed by atoms with van der Waals surface area (Å²) in [5.74, 6) is 1.89. The van der Waals surface area contributed by atoms with Gasteiger partial charge >= 0.3 is 6.03 Å². The van der Waals surface area contributed by atoms with E-state index < -0.39 is 11.6 Å². The number of hydrogen-bond donors (Lipinski definition) is 3. The number of amides is 2. The van der Waals surface area contributed by atoms with Crippen LogP contribution in [0, 0.1) is 0 Å². The summed E-state index contributed by atoms with van der Waals surface area (Å²) in [7, 11) is 0. The number of aliphatic hydroxyl groups is 1. The van der Waals surface area contributed by atoms with E-state index in [9.17, 15) is 9.90 Å². The van der Waals surface area contributed by atoms with Gasteiger partial charge in [-0.3, -0.25) is 0 Å². The molecule has 0 fully saturated rings. The van der Waals surface area contributed by atoms with E-state index in [4.69, 9.17) is 14.2 Å². The molecular formula is C18H18N2O5. The molecule has 0 radical (unpaired) electrons.